The second-order valence-electron chi connectivity index (χ2n) is 9.25. The second kappa shape index (κ2) is 11.7. The predicted octanol–water partition coefficient (Wildman–Crippen LogP) is 3.16. The number of ether oxygens (including phenoxy) is 2. The van der Waals surface area contributed by atoms with E-state index < -0.39 is 41.0 Å². The van der Waals surface area contributed by atoms with Crippen molar-refractivity contribution in [1.82, 2.24) is 10.2 Å². The van der Waals surface area contributed by atoms with Crippen molar-refractivity contribution in [2.45, 2.75) is 30.5 Å². The molecule has 2 N–H and O–H groups in total. The Morgan fingerprint density at radius 3 is 2.27 bits per heavy atom. The summed E-state index contributed by atoms with van der Waals surface area (Å²) in [6.07, 6.45) is -0.783. The first-order chi connectivity index (χ1) is 19.3. The Balaban J connectivity index is 1.43. The van der Waals surface area contributed by atoms with Gasteiger partial charge in [-0.05, 0) is 22.6 Å². The summed E-state index contributed by atoms with van der Waals surface area (Å²) in [6.45, 7) is 1.02. The molecular formula is C29H26N2O7S2. The van der Waals surface area contributed by atoms with E-state index in [0.29, 0.717) is 5.57 Å². The first kappa shape index (κ1) is 27.6. The molecule has 3 heterocycles. The maximum Gasteiger partial charge on any atom is 0.356 e. The number of amides is 2. The quantitative estimate of drug-likeness (QED) is 0.226. The number of β-lactam (4-membered cyclic amide) rings is 1. The van der Waals surface area contributed by atoms with E-state index in [-0.39, 0.29) is 24.5 Å². The van der Waals surface area contributed by atoms with E-state index in [1.54, 1.807) is 12.1 Å². The summed E-state index contributed by atoms with van der Waals surface area (Å²) in [5, 5.41) is 14.5. The Kier molecular flexibility index (Phi) is 8.06. The maximum absolute atomic E-state index is 13.8. The molecule has 40 heavy (non-hydrogen) atoms. The van der Waals surface area contributed by atoms with Gasteiger partial charge in [-0.1, -0.05) is 66.7 Å². The Hall–Kier alpha value is -3.93. The van der Waals surface area contributed by atoms with Gasteiger partial charge in [0.25, 0.3) is 11.6 Å². The fourth-order valence-electron chi connectivity index (χ4n) is 4.58. The van der Waals surface area contributed by atoms with E-state index in [0.717, 1.165) is 32.7 Å². The monoisotopic (exact) mass is 578 g/mol. The Bertz CT molecular complexity index is 1400. The highest BCUT2D eigenvalue weighted by Gasteiger charge is 2.65. The lowest BCUT2D eigenvalue weighted by Crippen LogP contribution is -2.80. The summed E-state index contributed by atoms with van der Waals surface area (Å²) in [5.41, 5.74) is -0.502. The van der Waals surface area contributed by atoms with Crippen LogP contribution in [-0.2, 0) is 35.1 Å². The Morgan fingerprint density at radius 1 is 1.05 bits per heavy atom. The minimum Gasteiger partial charge on any atom is -0.461 e. The van der Waals surface area contributed by atoms with Gasteiger partial charge in [0.1, 0.15) is 17.7 Å². The number of rotatable bonds is 9. The van der Waals surface area contributed by atoms with Gasteiger partial charge in [0, 0.05) is 23.1 Å². The van der Waals surface area contributed by atoms with Gasteiger partial charge in [-0.2, -0.15) is 0 Å². The normalized spacial score (nSPS) is 20.0. The van der Waals surface area contributed by atoms with Gasteiger partial charge >= 0.3 is 11.9 Å². The highest BCUT2D eigenvalue weighted by Crippen LogP contribution is 2.46. The summed E-state index contributed by atoms with van der Waals surface area (Å²) in [5.74, 6) is -2.59. The first-order valence-corrected chi connectivity index (χ1v) is 14.4. The van der Waals surface area contributed by atoms with Crippen molar-refractivity contribution in [2.24, 2.45) is 0 Å². The molecule has 1 fully saturated rings. The number of esters is 2. The molecule has 2 atom stereocenters. The van der Waals surface area contributed by atoms with Crippen LogP contribution in [0.2, 0.25) is 0 Å². The Labute approximate surface area is 238 Å². The molecule has 2 aliphatic heterocycles. The van der Waals surface area contributed by atoms with Crippen molar-refractivity contribution < 1.29 is 33.8 Å². The summed E-state index contributed by atoms with van der Waals surface area (Å²) >= 11 is 2.54. The average molecular weight is 579 g/mol. The van der Waals surface area contributed by atoms with Crippen molar-refractivity contribution in [2.75, 3.05) is 12.4 Å². The molecule has 2 amide bonds. The third kappa shape index (κ3) is 5.53. The second-order valence-corrected chi connectivity index (χ2v) is 11.3. The van der Waals surface area contributed by atoms with Crippen molar-refractivity contribution in [3.63, 3.8) is 0 Å². The largest absolute Gasteiger partial charge is 0.461 e. The molecule has 0 saturated carbocycles. The number of nitrogens with zero attached hydrogens (tertiary/aromatic N) is 1. The number of carbonyl (C=O) groups is 4. The molecule has 9 nitrogen and oxygen atoms in total. The third-order valence-corrected chi connectivity index (χ3v) is 8.70. The van der Waals surface area contributed by atoms with E-state index in [1.807, 2.05) is 66.0 Å². The van der Waals surface area contributed by atoms with Crippen LogP contribution in [0.3, 0.4) is 0 Å². The van der Waals surface area contributed by atoms with Gasteiger partial charge in [-0.25, -0.2) is 4.79 Å². The Morgan fingerprint density at radius 2 is 1.70 bits per heavy atom. The van der Waals surface area contributed by atoms with Gasteiger partial charge in [-0.15, -0.1) is 23.1 Å². The van der Waals surface area contributed by atoms with E-state index in [1.165, 1.54) is 18.3 Å². The zero-order valence-corrected chi connectivity index (χ0v) is 23.1. The average Bonchev–Trinajstić information content (AvgIpc) is 3.47. The minimum atomic E-state index is -2.20. The van der Waals surface area contributed by atoms with Crippen molar-refractivity contribution in [1.29, 1.82) is 0 Å². The zero-order chi connectivity index (χ0) is 28.3. The molecule has 3 aromatic rings. The first-order valence-electron chi connectivity index (χ1n) is 12.4. The fourth-order valence-corrected chi connectivity index (χ4v) is 6.61. The lowest BCUT2D eigenvalue weighted by Gasteiger charge is -2.54. The number of fused-ring (bicyclic) bond motifs is 1. The van der Waals surface area contributed by atoms with Crippen LogP contribution in [0.15, 0.2) is 89.4 Å². The van der Waals surface area contributed by atoms with Crippen LogP contribution in [0.5, 0.6) is 0 Å². The van der Waals surface area contributed by atoms with Gasteiger partial charge in [0.05, 0.1) is 6.42 Å². The van der Waals surface area contributed by atoms with Crippen LogP contribution in [0.4, 0.5) is 0 Å². The fraction of sp³-hybridized carbons (Fsp3) is 0.241. The van der Waals surface area contributed by atoms with Gasteiger partial charge < -0.3 is 19.9 Å². The van der Waals surface area contributed by atoms with Gasteiger partial charge in [-0.3, -0.25) is 19.3 Å². The molecule has 206 valence electrons. The number of hydrogen-bond donors (Lipinski definition) is 2. The van der Waals surface area contributed by atoms with Crippen LogP contribution in [0.25, 0.3) is 0 Å². The minimum absolute atomic E-state index is 0.00289. The highest BCUT2D eigenvalue weighted by molar-refractivity contribution is 8.00. The van der Waals surface area contributed by atoms with E-state index >= 15 is 0 Å². The van der Waals surface area contributed by atoms with Crippen LogP contribution in [0, 0.1) is 0 Å². The summed E-state index contributed by atoms with van der Waals surface area (Å²) < 4.78 is 11.2. The summed E-state index contributed by atoms with van der Waals surface area (Å²) in [6, 6.07) is 21.9. The van der Waals surface area contributed by atoms with E-state index in [2.05, 4.69) is 5.32 Å². The van der Waals surface area contributed by atoms with E-state index in [4.69, 9.17) is 9.47 Å². The number of benzene rings is 2. The van der Waals surface area contributed by atoms with Crippen LogP contribution in [-0.4, -0.2) is 57.2 Å². The maximum atomic E-state index is 13.8. The molecule has 2 aliphatic rings. The zero-order valence-electron chi connectivity index (χ0n) is 21.4. The molecule has 1 saturated heterocycles. The molecule has 0 spiro atoms. The third-order valence-electron chi connectivity index (χ3n) is 6.45. The van der Waals surface area contributed by atoms with Gasteiger partial charge in [0.15, 0.2) is 6.10 Å². The molecule has 0 radical (unpaired) electrons. The molecule has 11 heteroatoms. The number of aliphatic hydroxyl groups is 1. The highest BCUT2D eigenvalue weighted by atomic mass is 32.2. The number of thiophene rings is 1. The number of nitrogens with one attached hydrogen (secondary N) is 1. The number of thioether (sulfide) groups is 1. The molecule has 0 unspecified atom stereocenters. The molecule has 0 aliphatic carbocycles. The van der Waals surface area contributed by atoms with E-state index in [9.17, 15) is 24.3 Å². The van der Waals surface area contributed by atoms with Gasteiger partial charge in [0.2, 0.25) is 5.91 Å². The van der Waals surface area contributed by atoms with Crippen molar-refractivity contribution >= 4 is 46.9 Å². The molecular weight excluding hydrogens is 552 g/mol. The van der Waals surface area contributed by atoms with Crippen LogP contribution < -0.4 is 5.32 Å². The van der Waals surface area contributed by atoms with Crippen LogP contribution in [0.1, 0.15) is 29.0 Å². The number of hydrogen-bond acceptors (Lipinski definition) is 9. The SMILES string of the molecule is CC(=O)OCC1=C(C(=O)OC(c2ccccc2)c2ccccc2)N2C(=O)[C@](O)(NC(=O)Cc3cccs3)[C@H]2SC1. The topological polar surface area (TPSA) is 122 Å². The van der Waals surface area contributed by atoms with Crippen LogP contribution >= 0.6 is 23.1 Å². The number of carbonyl (C=O) groups excluding carboxylic acids is 4. The molecule has 1 aromatic heterocycles. The van der Waals surface area contributed by atoms with Crippen molar-refractivity contribution in [3.05, 3.63) is 105 Å². The summed E-state index contributed by atoms with van der Waals surface area (Å²) in [4.78, 5) is 53.3. The molecule has 2 aromatic carbocycles. The molecule has 0 bridgehead atoms. The van der Waals surface area contributed by atoms with Crippen molar-refractivity contribution in [3.8, 4) is 0 Å². The lowest BCUT2D eigenvalue weighted by molar-refractivity contribution is -0.187. The molecule has 5 rings (SSSR count). The predicted molar refractivity (Wildman–Crippen MR) is 149 cm³/mol. The summed E-state index contributed by atoms with van der Waals surface area (Å²) in [7, 11) is 0. The standard InChI is InChI=1S/C29H26N2O7S2/c1-18(32)37-16-21-17-40-28-29(36,30-23(33)15-22-13-8-14-39-22)27(35)31(28)24(21)26(34)38-25(19-9-4-2-5-10-19)20-11-6-3-7-12-20/h2-14,25,28,36H,15-17H2,1H3,(H,30,33)/t28-,29-/m1/s1. The lowest BCUT2D eigenvalue weighted by atomic mass is 9.98. The smallest absolute Gasteiger partial charge is 0.356 e.